The van der Waals surface area contributed by atoms with Gasteiger partial charge < -0.3 is 58.2 Å². The Morgan fingerprint density at radius 1 is 0.735 bits per heavy atom. The number of aliphatic hydroxyl groups is 2. The first-order valence-electron chi connectivity index (χ1n) is 9.90. The Labute approximate surface area is 194 Å². The molecule has 17 nitrogen and oxygen atoms in total. The summed E-state index contributed by atoms with van der Waals surface area (Å²) in [5, 5.41) is 26.9. The molecule has 0 aromatic rings. The predicted molar refractivity (Wildman–Crippen MR) is 112 cm³/mol. The summed E-state index contributed by atoms with van der Waals surface area (Å²) in [7, 11) is 0. The standard InChI is InChI=1S/C17H31N7O10/c18-12(27)5-9(14(19)29)23-17(32)24-11(7-26)16(31)21-1-2-33-3-4-34-8-13(28)22-10(6-25)15(20)30/h9-11,25-26H,1-8H2,(H2,18,27)(H2,19,29)(H2,20,30)(H,21,31)(H,22,28)(H2,23,24,32)/t9-,10+,11-/m1/s1. The largest absolute Gasteiger partial charge is 0.394 e. The van der Waals surface area contributed by atoms with Gasteiger partial charge in [0.05, 0.1) is 39.5 Å². The molecule has 0 heterocycles. The summed E-state index contributed by atoms with van der Waals surface area (Å²) in [4.78, 5) is 68.4. The van der Waals surface area contributed by atoms with E-state index in [9.17, 15) is 33.9 Å². The summed E-state index contributed by atoms with van der Waals surface area (Å²) in [5.41, 5.74) is 15.0. The summed E-state index contributed by atoms with van der Waals surface area (Å²) in [6.45, 7) is -1.71. The minimum absolute atomic E-state index is 0.00148. The molecular formula is C17H31N7O10. The van der Waals surface area contributed by atoms with Gasteiger partial charge in [-0.15, -0.1) is 0 Å². The molecule has 7 amide bonds. The van der Waals surface area contributed by atoms with Crippen LogP contribution in [0.25, 0.3) is 0 Å². The van der Waals surface area contributed by atoms with Crippen molar-refractivity contribution in [3.8, 4) is 0 Å². The molecule has 0 saturated carbocycles. The molecule has 0 unspecified atom stereocenters. The maximum absolute atomic E-state index is 12.0. The number of primary amides is 3. The van der Waals surface area contributed by atoms with Gasteiger partial charge in [-0.1, -0.05) is 0 Å². The lowest BCUT2D eigenvalue weighted by Crippen LogP contribution is -2.56. The third-order valence-electron chi connectivity index (χ3n) is 3.87. The zero-order valence-electron chi connectivity index (χ0n) is 18.3. The van der Waals surface area contributed by atoms with E-state index in [2.05, 4.69) is 21.3 Å². The van der Waals surface area contributed by atoms with Gasteiger partial charge in [-0.3, -0.25) is 24.0 Å². The molecule has 0 aromatic heterocycles. The molecule has 3 atom stereocenters. The fourth-order valence-electron chi connectivity index (χ4n) is 2.17. The first-order chi connectivity index (χ1) is 16.0. The predicted octanol–water partition coefficient (Wildman–Crippen LogP) is -6.51. The van der Waals surface area contributed by atoms with Gasteiger partial charge in [0.25, 0.3) is 0 Å². The molecule has 0 saturated heterocycles. The molecular weight excluding hydrogens is 462 g/mol. The summed E-state index contributed by atoms with van der Waals surface area (Å²) in [5.74, 6) is -4.20. The number of nitrogens with two attached hydrogens (primary N) is 3. The van der Waals surface area contributed by atoms with Crippen LogP contribution in [-0.4, -0.2) is 110 Å². The SMILES string of the molecule is NC(=O)C[C@@H](NC(=O)N[C@H](CO)C(=O)NCCOCCOCC(=O)N[C@@H](CO)C(N)=O)C(N)=O. The van der Waals surface area contributed by atoms with Gasteiger partial charge in [0.2, 0.25) is 29.5 Å². The van der Waals surface area contributed by atoms with Crippen molar-refractivity contribution >= 4 is 35.6 Å². The van der Waals surface area contributed by atoms with E-state index in [4.69, 9.17) is 31.8 Å². The van der Waals surface area contributed by atoms with Crippen LogP contribution in [-0.2, 0) is 33.4 Å². The van der Waals surface area contributed by atoms with E-state index in [0.717, 1.165) is 0 Å². The molecule has 0 fully saturated rings. The highest BCUT2D eigenvalue weighted by Crippen LogP contribution is 1.92. The highest BCUT2D eigenvalue weighted by molar-refractivity contribution is 5.92. The summed E-state index contributed by atoms with van der Waals surface area (Å²) >= 11 is 0. The summed E-state index contributed by atoms with van der Waals surface area (Å²) in [6.07, 6.45) is -0.541. The van der Waals surface area contributed by atoms with E-state index in [1.165, 1.54) is 0 Å². The molecule has 17 heteroatoms. The lowest BCUT2D eigenvalue weighted by atomic mass is 10.2. The average molecular weight is 493 g/mol. The van der Waals surface area contributed by atoms with Gasteiger partial charge in [0.1, 0.15) is 24.7 Å². The van der Waals surface area contributed by atoms with Crippen molar-refractivity contribution in [1.82, 2.24) is 21.3 Å². The van der Waals surface area contributed by atoms with E-state index >= 15 is 0 Å². The smallest absolute Gasteiger partial charge is 0.316 e. The Hall–Kier alpha value is -3.54. The number of aliphatic hydroxyl groups excluding tert-OH is 2. The number of rotatable bonds is 18. The van der Waals surface area contributed by atoms with Crippen LogP contribution in [0.2, 0.25) is 0 Å². The number of carbonyl (C=O) groups is 6. The zero-order valence-corrected chi connectivity index (χ0v) is 18.3. The van der Waals surface area contributed by atoms with Crippen molar-refractivity contribution in [3.05, 3.63) is 0 Å². The maximum atomic E-state index is 12.0. The molecule has 0 aromatic carbocycles. The molecule has 0 bridgehead atoms. The van der Waals surface area contributed by atoms with Crippen molar-refractivity contribution in [1.29, 1.82) is 0 Å². The topological polar surface area (TPSA) is 288 Å². The summed E-state index contributed by atoms with van der Waals surface area (Å²) in [6, 6.07) is -5.00. The second-order valence-electron chi connectivity index (χ2n) is 6.64. The number of ether oxygens (including phenoxy) is 2. The first-order valence-corrected chi connectivity index (χ1v) is 9.90. The first kappa shape index (κ1) is 30.5. The van der Waals surface area contributed by atoms with Gasteiger partial charge in [-0.25, -0.2) is 4.79 Å². The highest BCUT2D eigenvalue weighted by Gasteiger charge is 2.24. The molecule has 34 heavy (non-hydrogen) atoms. The number of nitrogens with one attached hydrogen (secondary N) is 4. The van der Waals surface area contributed by atoms with E-state index in [0.29, 0.717) is 0 Å². The van der Waals surface area contributed by atoms with Crippen LogP contribution in [0, 0.1) is 0 Å². The van der Waals surface area contributed by atoms with E-state index in [1.807, 2.05) is 0 Å². The Morgan fingerprint density at radius 3 is 1.82 bits per heavy atom. The Kier molecular flexibility index (Phi) is 15.2. The third-order valence-corrected chi connectivity index (χ3v) is 3.87. The van der Waals surface area contributed by atoms with Crippen LogP contribution >= 0.6 is 0 Å². The molecule has 0 aliphatic rings. The lowest BCUT2D eigenvalue weighted by molar-refractivity contribution is -0.131. The van der Waals surface area contributed by atoms with Gasteiger partial charge in [0.15, 0.2) is 0 Å². The second kappa shape index (κ2) is 17.0. The van der Waals surface area contributed by atoms with Crippen molar-refractivity contribution in [2.24, 2.45) is 17.2 Å². The second-order valence-corrected chi connectivity index (χ2v) is 6.64. The fourth-order valence-corrected chi connectivity index (χ4v) is 2.17. The van der Waals surface area contributed by atoms with Gasteiger partial charge in [-0.2, -0.15) is 0 Å². The minimum atomic E-state index is -1.39. The minimum Gasteiger partial charge on any atom is -0.394 e. The molecule has 0 rings (SSSR count). The third kappa shape index (κ3) is 13.8. The van der Waals surface area contributed by atoms with Gasteiger partial charge >= 0.3 is 6.03 Å². The highest BCUT2D eigenvalue weighted by atomic mass is 16.5. The van der Waals surface area contributed by atoms with E-state index in [1.54, 1.807) is 0 Å². The van der Waals surface area contributed by atoms with Crippen molar-refractivity contribution in [3.63, 3.8) is 0 Å². The van der Waals surface area contributed by atoms with Crippen LogP contribution in [0.3, 0.4) is 0 Å². The van der Waals surface area contributed by atoms with Crippen molar-refractivity contribution in [2.75, 3.05) is 46.2 Å². The van der Waals surface area contributed by atoms with Crippen LogP contribution in [0.1, 0.15) is 6.42 Å². The van der Waals surface area contributed by atoms with E-state index < -0.39 is 79.9 Å². The number of hydrogen-bond acceptors (Lipinski definition) is 10. The molecule has 194 valence electrons. The van der Waals surface area contributed by atoms with E-state index in [-0.39, 0.29) is 26.4 Å². The van der Waals surface area contributed by atoms with Crippen molar-refractivity contribution < 1.29 is 48.5 Å². The number of urea groups is 1. The van der Waals surface area contributed by atoms with Crippen LogP contribution < -0.4 is 38.5 Å². The van der Waals surface area contributed by atoms with Crippen LogP contribution in [0.15, 0.2) is 0 Å². The molecule has 0 radical (unpaired) electrons. The molecule has 0 aliphatic heterocycles. The normalized spacial score (nSPS) is 13.1. The average Bonchev–Trinajstić information content (AvgIpc) is 2.76. The zero-order chi connectivity index (χ0) is 26.1. The molecule has 0 spiro atoms. The Bertz CT molecular complexity index is 721. The van der Waals surface area contributed by atoms with Crippen LogP contribution in [0.4, 0.5) is 4.79 Å². The monoisotopic (exact) mass is 493 g/mol. The lowest BCUT2D eigenvalue weighted by Gasteiger charge is -2.19. The maximum Gasteiger partial charge on any atom is 0.316 e. The Balaban J connectivity index is 4.10. The molecule has 12 N–H and O–H groups in total. The van der Waals surface area contributed by atoms with Gasteiger partial charge in [-0.05, 0) is 0 Å². The number of carbonyl (C=O) groups excluding carboxylic acids is 6. The van der Waals surface area contributed by atoms with Crippen molar-refractivity contribution in [2.45, 2.75) is 24.5 Å². The Morgan fingerprint density at radius 2 is 1.29 bits per heavy atom. The summed E-state index contributed by atoms with van der Waals surface area (Å²) < 4.78 is 10.2. The van der Waals surface area contributed by atoms with Crippen LogP contribution in [0.5, 0.6) is 0 Å². The van der Waals surface area contributed by atoms with Gasteiger partial charge in [0, 0.05) is 6.54 Å². The molecule has 0 aliphatic carbocycles. The fraction of sp³-hybridized carbons (Fsp3) is 0.647. The number of amides is 7. The number of hydrogen-bond donors (Lipinski definition) is 9. The quantitative estimate of drug-likeness (QED) is 0.0813.